The Labute approximate surface area is 93.1 Å². The molecule has 0 aromatic carbocycles. The van der Waals surface area contributed by atoms with E-state index in [0.717, 1.165) is 12.8 Å². The lowest BCUT2D eigenvalue weighted by Crippen LogP contribution is -2.26. The molecule has 0 rings (SSSR count). The van der Waals surface area contributed by atoms with E-state index in [9.17, 15) is 4.79 Å². The molecule has 0 bridgehead atoms. The van der Waals surface area contributed by atoms with Gasteiger partial charge in [-0.1, -0.05) is 39.0 Å². The second-order valence-corrected chi connectivity index (χ2v) is 3.93. The van der Waals surface area contributed by atoms with Crippen LogP contribution in [0.3, 0.4) is 0 Å². The zero-order valence-electron chi connectivity index (χ0n) is 9.96. The first-order valence-corrected chi connectivity index (χ1v) is 5.83. The van der Waals surface area contributed by atoms with Gasteiger partial charge < -0.3 is 4.90 Å². The Morgan fingerprint density at radius 1 is 1.20 bits per heavy atom. The molecule has 3 heteroatoms. The monoisotopic (exact) mass is 210 g/mol. The number of rotatable bonds is 8. The zero-order valence-corrected chi connectivity index (χ0v) is 9.96. The number of carbonyl (C=O) groups is 1. The molecule has 3 nitrogen and oxygen atoms in total. The Kier molecular flexibility index (Phi) is 8.85. The van der Waals surface area contributed by atoms with E-state index >= 15 is 0 Å². The maximum atomic E-state index is 11.4. The number of unbranched alkanes of at least 4 members (excludes halogenated alkanes) is 5. The van der Waals surface area contributed by atoms with Crippen LogP contribution >= 0.6 is 0 Å². The van der Waals surface area contributed by atoms with Crippen LogP contribution in [0.15, 0.2) is 0 Å². The van der Waals surface area contributed by atoms with Gasteiger partial charge in [0.05, 0.1) is 6.07 Å². The standard InChI is InChI=1S/C12H22N2O/c1-3-4-5-6-7-8-9-12(15)14(2)11-10-13/h3-9,11H2,1-2H3. The van der Waals surface area contributed by atoms with Crippen LogP contribution < -0.4 is 0 Å². The van der Waals surface area contributed by atoms with Crippen LogP contribution in [0.4, 0.5) is 0 Å². The lowest BCUT2D eigenvalue weighted by Gasteiger charge is -2.12. The molecule has 0 aliphatic heterocycles. The van der Waals surface area contributed by atoms with Gasteiger partial charge in [0.2, 0.25) is 5.91 Å². The van der Waals surface area contributed by atoms with Crippen molar-refractivity contribution in [2.45, 2.75) is 51.9 Å². The number of hydrogen-bond donors (Lipinski definition) is 0. The van der Waals surface area contributed by atoms with E-state index in [0.29, 0.717) is 6.42 Å². The third-order valence-corrected chi connectivity index (χ3v) is 2.48. The smallest absolute Gasteiger partial charge is 0.223 e. The summed E-state index contributed by atoms with van der Waals surface area (Å²) in [6.45, 7) is 2.40. The first kappa shape index (κ1) is 14.0. The minimum Gasteiger partial charge on any atom is -0.332 e. The lowest BCUT2D eigenvalue weighted by atomic mass is 10.1. The maximum Gasteiger partial charge on any atom is 0.223 e. The fourth-order valence-corrected chi connectivity index (χ4v) is 1.44. The summed E-state index contributed by atoms with van der Waals surface area (Å²) >= 11 is 0. The molecule has 0 saturated carbocycles. The molecular weight excluding hydrogens is 188 g/mol. The molecule has 0 unspecified atom stereocenters. The lowest BCUT2D eigenvalue weighted by molar-refractivity contribution is -0.129. The van der Waals surface area contributed by atoms with Crippen molar-refractivity contribution in [1.82, 2.24) is 4.90 Å². The summed E-state index contributed by atoms with van der Waals surface area (Å²) in [5, 5.41) is 8.41. The molecule has 0 atom stereocenters. The van der Waals surface area contributed by atoms with Crippen LogP contribution in [0.1, 0.15) is 51.9 Å². The molecular formula is C12H22N2O. The predicted molar refractivity (Wildman–Crippen MR) is 61.2 cm³/mol. The minimum atomic E-state index is 0.0899. The topological polar surface area (TPSA) is 44.1 Å². The first-order chi connectivity index (χ1) is 7.22. The summed E-state index contributed by atoms with van der Waals surface area (Å²) < 4.78 is 0. The van der Waals surface area contributed by atoms with Crippen molar-refractivity contribution in [2.24, 2.45) is 0 Å². The Morgan fingerprint density at radius 2 is 1.80 bits per heavy atom. The molecule has 0 aliphatic carbocycles. The second kappa shape index (κ2) is 9.51. The molecule has 0 N–H and O–H groups in total. The van der Waals surface area contributed by atoms with Crippen LogP contribution in [-0.2, 0) is 4.79 Å². The van der Waals surface area contributed by atoms with Gasteiger partial charge in [0.15, 0.2) is 0 Å². The normalized spacial score (nSPS) is 9.67. The number of carbonyl (C=O) groups excluding carboxylic acids is 1. The third kappa shape index (κ3) is 7.99. The molecule has 1 amide bonds. The summed E-state index contributed by atoms with van der Waals surface area (Å²) in [6, 6.07) is 1.97. The van der Waals surface area contributed by atoms with Crippen LogP contribution in [0.25, 0.3) is 0 Å². The van der Waals surface area contributed by atoms with Gasteiger partial charge in [0.1, 0.15) is 6.54 Å². The molecule has 0 radical (unpaired) electrons. The Bertz CT molecular complexity index is 208. The number of nitrogens with zero attached hydrogens (tertiary/aromatic N) is 2. The third-order valence-electron chi connectivity index (χ3n) is 2.48. The fourth-order valence-electron chi connectivity index (χ4n) is 1.44. The molecule has 15 heavy (non-hydrogen) atoms. The van der Waals surface area contributed by atoms with Gasteiger partial charge >= 0.3 is 0 Å². The highest BCUT2D eigenvalue weighted by atomic mass is 16.2. The quantitative estimate of drug-likeness (QED) is 0.456. The Balaban J connectivity index is 3.35. The van der Waals surface area contributed by atoms with E-state index in [2.05, 4.69) is 6.92 Å². The van der Waals surface area contributed by atoms with Gasteiger partial charge in [-0.25, -0.2) is 0 Å². The molecule has 0 heterocycles. The summed E-state index contributed by atoms with van der Waals surface area (Å²) in [4.78, 5) is 12.9. The van der Waals surface area contributed by atoms with E-state index in [1.165, 1.54) is 30.6 Å². The number of hydrogen-bond acceptors (Lipinski definition) is 2. The summed E-state index contributed by atoms with van der Waals surface area (Å²) in [5.41, 5.74) is 0. The molecule has 0 aromatic rings. The van der Waals surface area contributed by atoms with Gasteiger partial charge in [-0.3, -0.25) is 4.79 Å². The summed E-state index contributed by atoms with van der Waals surface area (Å²) in [7, 11) is 1.68. The van der Waals surface area contributed by atoms with E-state index in [1.54, 1.807) is 7.05 Å². The van der Waals surface area contributed by atoms with Gasteiger partial charge in [-0.05, 0) is 6.42 Å². The zero-order chi connectivity index (χ0) is 11.5. The van der Waals surface area contributed by atoms with Gasteiger partial charge in [-0.15, -0.1) is 0 Å². The highest BCUT2D eigenvalue weighted by molar-refractivity contribution is 5.75. The van der Waals surface area contributed by atoms with Gasteiger partial charge in [0.25, 0.3) is 0 Å². The van der Waals surface area contributed by atoms with Crippen molar-refractivity contribution in [3.05, 3.63) is 0 Å². The van der Waals surface area contributed by atoms with Crippen molar-refractivity contribution in [2.75, 3.05) is 13.6 Å². The SMILES string of the molecule is CCCCCCCCC(=O)N(C)CC#N. The molecule has 0 fully saturated rings. The average Bonchev–Trinajstić information content (AvgIpc) is 2.23. The Morgan fingerprint density at radius 3 is 2.40 bits per heavy atom. The van der Waals surface area contributed by atoms with E-state index < -0.39 is 0 Å². The second-order valence-electron chi connectivity index (χ2n) is 3.93. The Hall–Kier alpha value is -1.04. The molecule has 86 valence electrons. The van der Waals surface area contributed by atoms with Crippen LogP contribution in [0, 0.1) is 11.3 Å². The minimum absolute atomic E-state index is 0.0899. The maximum absolute atomic E-state index is 11.4. The van der Waals surface area contributed by atoms with Crippen molar-refractivity contribution < 1.29 is 4.79 Å². The van der Waals surface area contributed by atoms with Crippen LogP contribution in [-0.4, -0.2) is 24.4 Å². The largest absolute Gasteiger partial charge is 0.332 e. The first-order valence-electron chi connectivity index (χ1n) is 5.83. The van der Waals surface area contributed by atoms with Gasteiger partial charge in [0, 0.05) is 13.5 Å². The van der Waals surface area contributed by atoms with Crippen molar-refractivity contribution >= 4 is 5.91 Å². The average molecular weight is 210 g/mol. The highest BCUT2D eigenvalue weighted by Crippen LogP contribution is 2.07. The molecule has 0 saturated heterocycles. The number of amides is 1. The van der Waals surface area contributed by atoms with Crippen LogP contribution in [0.2, 0.25) is 0 Å². The van der Waals surface area contributed by atoms with Crippen molar-refractivity contribution in [3.8, 4) is 6.07 Å². The van der Waals surface area contributed by atoms with E-state index in [1.807, 2.05) is 6.07 Å². The van der Waals surface area contributed by atoms with Crippen molar-refractivity contribution in [1.29, 1.82) is 5.26 Å². The van der Waals surface area contributed by atoms with Crippen LogP contribution in [0.5, 0.6) is 0 Å². The summed E-state index contributed by atoms with van der Waals surface area (Å²) in [6.07, 6.45) is 7.72. The van der Waals surface area contributed by atoms with E-state index in [-0.39, 0.29) is 12.5 Å². The van der Waals surface area contributed by atoms with E-state index in [4.69, 9.17) is 5.26 Å². The predicted octanol–water partition coefficient (Wildman–Crippen LogP) is 2.72. The highest BCUT2D eigenvalue weighted by Gasteiger charge is 2.06. The molecule has 0 aromatic heterocycles. The van der Waals surface area contributed by atoms with Gasteiger partial charge in [-0.2, -0.15) is 5.26 Å². The molecule has 0 spiro atoms. The number of nitriles is 1. The summed E-state index contributed by atoms with van der Waals surface area (Å²) in [5.74, 6) is 0.0899. The molecule has 0 aliphatic rings. The van der Waals surface area contributed by atoms with Crippen molar-refractivity contribution in [3.63, 3.8) is 0 Å². The fraction of sp³-hybridized carbons (Fsp3) is 0.833.